The van der Waals surface area contributed by atoms with Crippen LogP contribution in [-0.2, 0) is 7.05 Å². The lowest BCUT2D eigenvalue weighted by Crippen LogP contribution is -2.19. The molecule has 0 atom stereocenters. The first-order chi connectivity index (χ1) is 9.88. The highest BCUT2D eigenvalue weighted by atomic mass is 127. The fourth-order valence-corrected chi connectivity index (χ4v) is 3.53. The minimum absolute atomic E-state index is 0.0450. The summed E-state index contributed by atoms with van der Waals surface area (Å²) >= 11 is 8.56. The van der Waals surface area contributed by atoms with E-state index in [9.17, 15) is 9.90 Å². The van der Waals surface area contributed by atoms with Crippen LogP contribution in [0.3, 0.4) is 0 Å². The van der Waals surface area contributed by atoms with Crippen LogP contribution in [-0.4, -0.2) is 27.0 Å². The zero-order valence-electron chi connectivity index (χ0n) is 10.6. The van der Waals surface area contributed by atoms with Crippen LogP contribution in [0.4, 0.5) is 0 Å². The third-order valence-corrected chi connectivity index (χ3v) is 4.28. The number of rotatable bonds is 3. The molecule has 1 heterocycles. The number of benzene rings is 1. The smallest absolute Gasteiger partial charge is 0.292 e. The SMILES string of the molecule is Cn1cc(I)c(C(=O)N/N=C/c2cc(Br)cc(Br)c2O)n1. The summed E-state index contributed by atoms with van der Waals surface area (Å²) in [6.07, 6.45) is 3.09. The average molecular weight is 528 g/mol. The first-order valence-corrected chi connectivity index (χ1v) is 8.25. The van der Waals surface area contributed by atoms with E-state index < -0.39 is 5.91 Å². The number of aryl methyl sites for hydroxylation is 1. The van der Waals surface area contributed by atoms with Crippen molar-refractivity contribution in [1.82, 2.24) is 15.2 Å². The van der Waals surface area contributed by atoms with Gasteiger partial charge in [0.25, 0.3) is 5.91 Å². The molecule has 21 heavy (non-hydrogen) atoms. The molecule has 1 amide bonds. The molecule has 0 bridgehead atoms. The summed E-state index contributed by atoms with van der Waals surface area (Å²) in [4.78, 5) is 11.9. The highest BCUT2D eigenvalue weighted by Crippen LogP contribution is 2.30. The van der Waals surface area contributed by atoms with Crippen molar-refractivity contribution in [2.75, 3.05) is 0 Å². The number of hydrazone groups is 1. The molecule has 0 aliphatic rings. The first kappa shape index (κ1) is 16.4. The van der Waals surface area contributed by atoms with Gasteiger partial charge in [-0.3, -0.25) is 9.48 Å². The second-order valence-corrected chi connectivity index (χ2v) is 6.96. The first-order valence-electron chi connectivity index (χ1n) is 5.59. The van der Waals surface area contributed by atoms with E-state index in [-0.39, 0.29) is 5.75 Å². The summed E-state index contributed by atoms with van der Waals surface area (Å²) in [7, 11) is 1.74. The Kier molecular flexibility index (Phi) is 5.38. The second kappa shape index (κ2) is 6.88. The van der Waals surface area contributed by atoms with Gasteiger partial charge in [0.15, 0.2) is 5.69 Å². The fourth-order valence-electron chi connectivity index (χ4n) is 1.51. The van der Waals surface area contributed by atoms with Gasteiger partial charge in [0.1, 0.15) is 5.75 Å². The van der Waals surface area contributed by atoms with Crippen molar-refractivity contribution in [1.29, 1.82) is 0 Å². The molecular weight excluding hydrogens is 519 g/mol. The van der Waals surface area contributed by atoms with Crippen LogP contribution in [0.2, 0.25) is 0 Å². The van der Waals surface area contributed by atoms with Gasteiger partial charge in [-0.25, -0.2) is 5.43 Å². The number of nitrogens with one attached hydrogen (secondary N) is 1. The summed E-state index contributed by atoms with van der Waals surface area (Å²) in [5, 5.41) is 17.7. The summed E-state index contributed by atoms with van der Waals surface area (Å²) in [6, 6.07) is 3.39. The number of aromatic hydroxyl groups is 1. The molecule has 1 aromatic carbocycles. The van der Waals surface area contributed by atoms with Crippen LogP contribution in [0.25, 0.3) is 0 Å². The molecule has 0 saturated heterocycles. The third kappa shape index (κ3) is 4.04. The van der Waals surface area contributed by atoms with Gasteiger partial charge in [-0.2, -0.15) is 10.2 Å². The number of aromatic nitrogens is 2. The maximum absolute atomic E-state index is 11.9. The van der Waals surface area contributed by atoms with Gasteiger partial charge in [-0.1, -0.05) is 15.9 Å². The molecule has 110 valence electrons. The number of hydrogen-bond acceptors (Lipinski definition) is 4. The second-order valence-electron chi connectivity index (χ2n) is 4.02. The highest BCUT2D eigenvalue weighted by molar-refractivity contribution is 14.1. The monoisotopic (exact) mass is 526 g/mol. The van der Waals surface area contributed by atoms with Gasteiger partial charge >= 0.3 is 0 Å². The largest absolute Gasteiger partial charge is 0.506 e. The predicted octanol–water partition coefficient (Wildman–Crippen LogP) is 3.02. The molecule has 1 aromatic heterocycles. The van der Waals surface area contributed by atoms with Crippen molar-refractivity contribution >= 4 is 66.6 Å². The Balaban J connectivity index is 2.13. The standard InChI is InChI=1S/C12H9Br2IN4O2/c1-19-5-9(15)10(18-19)12(21)17-16-4-6-2-7(13)3-8(14)11(6)20/h2-5,20H,1H3,(H,17,21)/b16-4+. The molecule has 0 spiro atoms. The molecule has 2 N–H and O–H groups in total. The fraction of sp³-hybridized carbons (Fsp3) is 0.0833. The van der Waals surface area contributed by atoms with Gasteiger partial charge in [-0.15, -0.1) is 0 Å². The molecule has 0 saturated carbocycles. The van der Waals surface area contributed by atoms with Gasteiger partial charge in [-0.05, 0) is 50.7 Å². The van der Waals surface area contributed by atoms with Crippen molar-refractivity contribution in [3.05, 3.63) is 42.1 Å². The molecule has 0 fully saturated rings. The number of nitrogens with zero attached hydrogens (tertiary/aromatic N) is 3. The maximum Gasteiger partial charge on any atom is 0.292 e. The lowest BCUT2D eigenvalue weighted by Gasteiger charge is -2.02. The lowest BCUT2D eigenvalue weighted by molar-refractivity contribution is 0.0948. The zero-order chi connectivity index (χ0) is 15.6. The molecular formula is C12H9Br2IN4O2. The third-order valence-electron chi connectivity index (χ3n) is 2.43. The Labute approximate surface area is 151 Å². The van der Waals surface area contributed by atoms with Crippen LogP contribution < -0.4 is 5.43 Å². The van der Waals surface area contributed by atoms with Crippen molar-refractivity contribution in [3.63, 3.8) is 0 Å². The van der Waals surface area contributed by atoms with Crippen molar-refractivity contribution < 1.29 is 9.90 Å². The van der Waals surface area contributed by atoms with Gasteiger partial charge in [0.2, 0.25) is 0 Å². The summed E-state index contributed by atoms with van der Waals surface area (Å²) in [5.74, 6) is -0.367. The van der Waals surface area contributed by atoms with Gasteiger partial charge in [0, 0.05) is 23.3 Å². The molecule has 9 heteroatoms. The van der Waals surface area contributed by atoms with E-state index in [1.165, 1.54) is 6.21 Å². The predicted molar refractivity (Wildman–Crippen MR) is 94.5 cm³/mol. The molecule has 0 unspecified atom stereocenters. The minimum Gasteiger partial charge on any atom is -0.506 e. The van der Waals surface area contributed by atoms with Crippen molar-refractivity contribution in [3.8, 4) is 5.75 Å². The maximum atomic E-state index is 11.9. The van der Waals surface area contributed by atoms with Crippen LogP contribution in [0.5, 0.6) is 5.75 Å². The number of halogens is 3. The molecule has 0 aliphatic heterocycles. The number of phenolic OH excluding ortho intramolecular Hbond substituents is 1. The van der Waals surface area contributed by atoms with Crippen molar-refractivity contribution in [2.45, 2.75) is 0 Å². The van der Waals surface area contributed by atoms with E-state index in [4.69, 9.17) is 0 Å². The average Bonchev–Trinajstić information content (AvgIpc) is 2.74. The normalized spacial score (nSPS) is 11.0. The Bertz CT molecular complexity index is 730. The molecule has 6 nitrogen and oxygen atoms in total. The van der Waals surface area contributed by atoms with Crippen LogP contribution in [0.1, 0.15) is 16.1 Å². The van der Waals surface area contributed by atoms with Gasteiger partial charge in [0.05, 0.1) is 14.3 Å². The van der Waals surface area contributed by atoms with E-state index in [1.54, 1.807) is 30.1 Å². The number of carbonyl (C=O) groups excluding carboxylic acids is 1. The number of amides is 1. The summed E-state index contributed by atoms with van der Waals surface area (Å²) in [6.45, 7) is 0. The number of carbonyl (C=O) groups is 1. The van der Waals surface area contributed by atoms with Crippen LogP contribution >= 0.6 is 54.5 Å². The molecule has 0 aliphatic carbocycles. The van der Waals surface area contributed by atoms with E-state index >= 15 is 0 Å². The molecule has 0 radical (unpaired) electrons. The molecule has 2 rings (SSSR count). The highest BCUT2D eigenvalue weighted by Gasteiger charge is 2.13. The topological polar surface area (TPSA) is 79.5 Å². The Morgan fingerprint density at radius 2 is 2.24 bits per heavy atom. The van der Waals surface area contributed by atoms with Crippen LogP contribution in [0.15, 0.2) is 32.4 Å². The van der Waals surface area contributed by atoms with E-state index in [2.05, 4.69) is 47.5 Å². The Morgan fingerprint density at radius 1 is 1.52 bits per heavy atom. The molecule has 2 aromatic rings. The zero-order valence-corrected chi connectivity index (χ0v) is 16.0. The van der Waals surface area contributed by atoms with E-state index in [0.29, 0.717) is 15.7 Å². The van der Waals surface area contributed by atoms with Crippen LogP contribution in [0, 0.1) is 3.57 Å². The quantitative estimate of drug-likeness (QED) is 0.366. The summed E-state index contributed by atoms with van der Waals surface area (Å²) < 4.78 is 3.59. The number of phenols is 1. The minimum atomic E-state index is -0.412. The Hall–Kier alpha value is -0.940. The van der Waals surface area contributed by atoms with E-state index in [0.717, 1.165) is 8.04 Å². The van der Waals surface area contributed by atoms with Crippen molar-refractivity contribution in [2.24, 2.45) is 12.1 Å². The van der Waals surface area contributed by atoms with E-state index in [1.807, 2.05) is 22.6 Å². The Morgan fingerprint density at radius 3 is 2.86 bits per heavy atom. The summed E-state index contributed by atoms with van der Waals surface area (Å²) in [5.41, 5.74) is 3.14. The van der Waals surface area contributed by atoms with Gasteiger partial charge < -0.3 is 5.11 Å². The lowest BCUT2D eigenvalue weighted by atomic mass is 10.2. The number of hydrogen-bond donors (Lipinski definition) is 2.